The molecule has 4 rings (SSSR count). The second-order valence-corrected chi connectivity index (χ2v) is 7.31. The normalized spacial score (nSPS) is 14.3. The molecule has 0 saturated carbocycles. The summed E-state index contributed by atoms with van der Waals surface area (Å²) in [6, 6.07) is 15.3. The second-order valence-electron chi connectivity index (χ2n) is 7.31. The Morgan fingerprint density at radius 1 is 1.03 bits per heavy atom. The number of benzene rings is 2. The van der Waals surface area contributed by atoms with Gasteiger partial charge in [-0.05, 0) is 24.3 Å². The van der Waals surface area contributed by atoms with Crippen molar-refractivity contribution in [2.45, 2.75) is 0 Å². The standard InChI is InChI=1S/C23H27N5O3/c1-30-19-7-5-6-18(16-19)28-11-10-24-23(28)27-14-12-26(13-15-27)17-22(29)25-20-8-3-4-9-21(20)31-2/h3-11,16H,12-15,17H2,1-2H3,(H,25,29). The summed E-state index contributed by atoms with van der Waals surface area (Å²) < 4.78 is 12.7. The lowest BCUT2D eigenvalue weighted by Crippen LogP contribution is -2.49. The number of nitrogens with zero attached hydrogens (tertiary/aromatic N) is 4. The van der Waals surface area contributed by atoms with Crippen LogP contribution in [0.5, 0.6) is 11.5 Å². The van der Waals surface area contributed by atoms with Crippen molar-refractivity contribution in [3.63, 3.8) is 0 Å². The maximum atomic E-state index is 12.5. The van der Waals surface area contributed by atoms with Gasteiger partial charge in [-0.3, -0.25) is 14.3 Å². The number of rotatable bonds is 7. The molecular weight excluding hydrogens is 394 g/mol. The summed E-state index contributed by atoms with van der Waals surface area (Å²) in [6.07, 6.45) is 3.76. The van der Waals surface area contributed by atoms with E-state index in [1.807, 2.05) is 60.9 Å². The van der Waals surface area contributed by atoms with Crippen molar-refractivity contribution >= 4 is 17.5 Å². The number of aromatic nitrogens is 2. The molecular formula is C23H27N5O3. The van der Waals surface area contributed by atoms with E-state index in [9.17, 15) is 4.79 Å². The van der Waals surface area contributed by atoms with Crippen LogP contribution in [-0.2, 0) is 4.79 Å². The number of carbonyl (C=O) groups excluding carboxylic acids is 1. The summed E-state index contributed by atoms with van der Waals surface area (Å²) in [7, 11) is 3.26. The zero-order chi connectivity index (χ0) is 21.6. The van der Waals surface area contributed by atoms with E-state index < -0.39 is 0 Å². The predicted molar refractivity (Wildman–Crippen MR) is 120 cm³/mol. The molecule has 0 spiro atoms. The van der Waals surface area contributed by atoms with Crippen molar-refractivity contribution in [3.8, 4) is 17.2 Å². The fourth-order valence-electron chi connectivity index (χ4n) is 3.74. The zero-order valence-corrected chi connectivity index (χ0v) is 17.8. The van der Waals surface area contributed by atoms with Crippen LogP contribution in [0.2, 0.25) is 0 Å². The summed E-state index contributed by atoms with van der Waals surface area (Å²) in [4.78, 5) is 21.5. The molecule has 0 unspecified atom stereocenters. The minimum Gasteiger partial charge on any atom is -0.497 e. The zero-order valence-electron chi connectivity index (χ0n) is 17.8. The number of hydrogen-bond donors (Lipinski definition) is 1. The average Bonchev–Trinajstić information content (AvgIpc) is 3.30. The summed E-state index contributed by atoms with van der Waals surface area (Å²) in [5.74, 6) is 2.32. The van der Waals surface area contributed by atoms with E-state index in [1.54, 1.807) is 14.2 Å². The van der Waals surface area contributed by atoms with Crippen molar-refractivity contribution < 1.29 is 14.3 Å². The van der Waals surface area contributed by atoms with Gasteiger partial charge in [0, 0.05) is 44.6 Å². The first kappa shape index (κ1) is 20.7. The second kappa shape index (κ2) is 9.53. The Labute approximate surface area is 182 Å². The van der Waals surface area contributed by atoms with E-state index in [2.05, 4.69) is 24.7 Å². The highest BCUT2D eigenvalue weighted by molar-refractivity contribution is 5.93. The minimum atomic E-state index is -0.0455. The first-order valence-corrected chi connectivity index (χ1v) is 10.3. The number of amides is 1. The highest BCUT2D eigenvalue weighted by Gasteiger charge is 2.22. The van der Waals surface area contributed by atoms with Crippen molar-refractivity contribution in [1.82, 2.24) is 14.5 Å². The van der Waals surface area contributed by atoms with Gasteiger partial charge < -0.3 is 19.7 Å². The Balaban J connectivity index is 1.35. The molecule has 1 aliphatic heterocycles. The molecule has 1 fully saturated rings. The molecule has 1 aromatic heterocycles. The SMILES string of the molecule is COc1cccc(-n2ccnc2N2CCN(CC(=O)Nc3ccccc3OC)CC2)c1. The lowest BCUT2D eigenvalue weighted by Gasteiger charge is -2.35. The van der Waals surface area contributed by atoms with Gasteiger partial charge >= 0.3 is 0 Å². The van der Waals surface area contributed by atoms with Crippen LogP contribution in [0.3, 0.4) is 0 Å². The highest BCUT2D eigenvalue weighted by atomic mass is 16.5. The molecule has 1 N–H and O–H groups in total. The van der Waals surface area contributed by atoms with Crippen LogP contribution in [0.4, 0.5) is 11.6 Å². The van der Waals surface area contributed by atoms with Gasteiger partial charge in [-0.1, -0.05) is 18.2 Å². The topological polar surface area (TPSA) is 71.9 Å². The molecule has 0 atom stereocenters. The van der Waals surface area contributed by atoms with Crippen LogP contribution in [-0.4, -0.2) is 67.3 Å². The predicted octanol–water partition coefficient (Wildman–Crippen LogP) is 2.65. The van der Waals surface area contributed by atoms with E-state index in [0.717, 1.165) is 43.6 Å². The summed E-state index contributed by atoms with van der Waals surface area (Å²) >= 11 is 0. The maximum Gasteiger partial charge on any atom is 0.238 e. The fourth-order valence-corrected chi connectivity index (χ4v) is 3.74. The van der Waals surface area contributed by atoms with Gasteiger partial charge in [0.15, 0.2) is 0 Å². The maximum absolute atomic E-state index is 12.5. The van der Waals surface area contributed by atoms with E-state index in [0.29, 0.717) is 18.0 Å². The van der Waals surface area contributed by atoms with Gasteiger partial charge in [-0.2, -0.15) is 0 Å². The van der Waals surface area contributed by atoms with Gasteiger partial charge in [-0.25, -0.2) is 4.98 Å². The first-order valence-electron chi connectivity index (χ1n) is 10.3. The number of piperazine rings is 1. The quantitative estimate of drug-likeness (QED) is 0.632. The van der Waals surface area contributed by atoms with Crippen LogP contribution >= 0.6 is 0 Å². The molecule has 1 aliphatic rings. The summed E-state index contributed by atoms with van der Waals surface area (Å²) in [5, 5.41) is 2.94. The Bertz CT molecular complexity index is 1030. The summed E-state index contributed by atoms with van der Waals surface area (Å²) in [6.45, 7) is 3.50. The van der Waals surface area contributed by atoms with Crippen molar-refractivity contribution in [1.29, 1.82) is 0 Å². The van der Waals surface area contributed by atoms with E-state index in [4.69, 9.17) is 9.47 Å². The number of imidazole rings is 1. The van der Waals surface area contributed by atoms with Gasteiger partial charge in [0.2, 0.25) is 11.9 Å². The molecule has 162 valence electrons. The number of nitrogens with one attached hydrogen (secondary N) is 1. The number of para-hydroxylation sites is 2. The van der Waals surface area contributed by atoms with Crippen LogP contribution in [0.25, 0.3) is 5.69 Å². The molecule has 2 aromatic carbocycles. The van der Waals surface area contributed by atoms with Crippen LogP contribution in [0, 0.1) is 0 Å². The van der Waals surface area contributed by atoms with Crippen LogP contribution in [0.1, 0.15) is 0 Å². The minimum absolute atomic E-state index is 0.0455. The third-order valence-corrected chi connectivity index (χ3v) is 5.36. The van der Waals surface area contributed by atoms with E-state index in [-0.39, 0.29) is 5.91 Å². The number of methoxy groups -OCH3 is 2. The Kier molecular flexibility index (Phi) is 6.37. The molecule has 1 amide bonds. The van der Waals surface area contributed by atoms with Crippen molar-refractivity contribution in [3.05, 3.63) is 60.9 Å². The number of carbonyl (C=O) groups is 1. The Hall–Kier alpha value is -3.52. The largest absolute Gasteiger partial charge is 0.497 e. The number of hydrogen-bond acceptors (Lipinski definition) is 6. The van der Waals surface area contributed by atoms with Gasteiger partial charge in [0.25, 0.3) is 0 Å². The van der Waals surface area contributed by atoms with Gasteiger partial charge in [0.05, 0.1) is 32.1 Å². The third-order valence-electron chi connectivity index (χ3n) is 5.36. The smallest absolute Gasteiger partial charge is 0.238 e. The van der Waals surface area contributed by atoms with Crippen molar-refractivity contribution in [2.24, 2.45) is 0 Å². The number of ether oxygens (including phenoxy) is 2. The third kappa shape index (κ3) is 4.80. The first-order chi connectivity index (χ1) is 15.2. The molecule has 31 heavy (non-hydrogen) atoms. The average molecular weight is 422 g/mol. The number of anilines is 2. The van der Waals surface area contributed by atoms with Crippen molar-refractivity contribution in [2.75, 3.05) is 57.2 Å². The lowest BCUT2D eigenvalue weighted by atomic mass is 10.2. The van der Waals surface area contributed by atoms with Gasteiger partial charge in [0.1, 0.15) is 11.5 Å². The van der Waals surface area contributed by atoms with Gasteiger partial charge in [-0.15, -0.1) is 0 Å². The Morgan fingerprint density at radius 2 is 1.84 bits per heavy atom. The van der Waals surface area contributed by atoms with E-state index in [1.165, 1.54) is 0 Å². The molecule has 8 nitrogen and oxygen atoms in total. The molecule has 8 heteroatoms. The molecule has 2 heterocycles. The molecule has 3 aromatic rings. The molecule has 0 bridgehead atoms. The van der Waals surface area contributed by atoms with Crippen LogP contribution in [0.15, 0.2) is 60.9 Å². The molecule has 0 aliphatic carbocycles. The fraction of sp³-hybridized carbons (Fsp3) is 0.304. The Morgan fingerprint density at radius 3 is 2.61 bits per heavy atom. The monoisotopic (exact) mass is 421 g/mol. The van der Waals surface area contributed by atoms with Crippen LogP contribution < -0.4 is 19.7 Å². The summed E-state index contributed by atoms with van der Waals surface area (Å²) in [5.41, 5.74) is 1.69. The lowest BCUT2D eigenvalue weighted by molar-refractivity contribution is -0.117. The van der Waals surface area contributed by atoms with E-state index >= 15 is 0 Å². The molecule has 1 saturated heterocycles. The molecule has 0 radical (unpaired) electrons. The highest BCUT2D eigenvalue weighted by Crippen LogP contribution is 2.24.